The van der Waals surface area contributed by atoms with Gasteiger partial charge in [-0.1, -0.05) is 32.9 Å². The van der Waals surface area contributed by atoms with Gasteiger partial charge in [-0.2, -0.15) is 0 Å². The topological polar surface area (TPSA) is 87.1 Å². The van der Waals surface area contributed by atoms with E-state index in [1.54, 1.807) is 30.3 Å². The molecule has 1 aromatic heterocycles. The predicted molar refractivity (Wildman–Crippen MR) is 107 cm³/mol. The molecule has 3 aromatic rings. The Morgan fingerprint density at radius 2 is 1.33 bits per heavy atom. The molecule has 6 heteroatoms. The highest BCUT2D eigenvalue weighted by molar-refractivity contribution is 5.88. The van der Waals surface area contributed by atoms with Gasteiger partial charge in [0.15, 0.2) is 0 Å². The Morgan fingerprint density at radius 3 is 1.78 bits per heavy atom. The van der Waals surface area contributed by atoms with Crippen molar-refractivity contribution >= 4 is 29.0 Å². The van der Waals surface area contributed by atoms with Crippen LogP contribution in [0, 0.1) is 0 Å². The monoisotopic (exact) mass is 362 g/mol. The molecule has 0 saturated heterocycles. The summed E-state index contributed by atoms with van der Waals surface area (Å²) in [7, 11) is 0. The van der Waals surface area contributed by atoms with E-state index in [1.165, 1.54) is 11.9 Å². The van der Waals surface area contributed by atoms with Gasteiger partial charge in [-0.25, -0.2) is 14.8 Å². The largest absolute Gasteiger partial charge is 0.478 e. The summed E-state index contributed by atoms with van der Waals surface area (Å²) in [5.74, 6) is 0.326. The van der Waals surface area contributed by atoms with Crippen molar-refractivity contribution in [2.24, 2.45) is 0 Å². The highest BCUT2D eigenvalue weighted by Gasteiger charge is 2.12. The summed E-state index contributed by atoms with van der Waals surface area (Å²) in [6.07, 6.45) is 1.47. The van der Waals surface area contributed by atoms with Crippen molar-refractivity contribution in [1.82, 2.24) is 9.97 Å². The second-order valence-electron chi connectivity index (χ2n) is 7.25. The van der Waals surface area contributed by atoms with E-state index in [4.69, 9.17) is 5.11 Å². The van der Waals surface area contributed by atoms with Gasteiger partial charge in [0.1, 0.15) is 18.0 Å². The van der Waals surface area contributed by atoms with Crippen LogP contribution in [-0.4, -0.2) is 21.0 Å². The summed E-state index contributed by atoms with van der Waals surface area (Å²) in [6, 6.07) is 16.5. The van der Waals surface area contributed by atoms with Crippen LogP contribution in [0.5, 0.6) is 0 Å². The molecule has 0 radical (unpaired) electrons. The first kappa shape index (κ1) is 18.4. The van der Waals surface area contributed by atoms with Crippen LogP contribution in [0.3, 0.4) is 0 Å². The van der Waals surface area contributed by atoms with Crippen LogP contribution < -0.4 is 10.6 Å². The van der Waals surface area contributed by atoms with Gasteiger partial charge >= 0.3 is 5.97 Å². The Morgan fingerprint density at radius 1 is 0.852 bits per heavy atom. The lowest BCUT2D eigenvalue weighted by atomic mass is 9.87. The van der Waals surface area contributed by atoms with Crippen LogP contribution >= 0.6 is 0 Å². The summed E-state index contributed by atoms with van der Waals surface area (Å²) in [5, 5.41) is 15.4. The first-order valence-electron chi connectivity index (χ1n) is 8.61. The minimum Gasteiger partial charge on any atom is -0.478 e. The molecule has 27 heavy (non-hydrogen) atoms. The summed E-state index contributed by atoms with van der Waals surface area (Å²) in [4.78, 5) is 19.4. The van der Waals surface area contributed by atoms with Crippen LogP contribution in [0.25, 0.3) is 0 Å². The zero-order chi connectivity index (χ0) is 19.4. The third kappa shape index (κ3) is 4.82. The summed E-state index contributed by atoms with van der Waals surface area (Å²) in [6.45, 7) is 6.54. The number of carboxylic acid groups (broad SMARTS) is 1. The number of hydrogen-bond acceptors (Lipinski definition) is 5. The van der Waals surface area contributed by atoms with Gasteiger partial charge in [0.25, 0.3) is 0 Å². The highest BCUT2D eigenvalue weighted by Crippen LogP contribution is 2.25. The highest BCUT2D eigenvalue weighted by atomic mass is 16.4. The van der Waals surface area contributed by atoms with Crippen molar-refractivity contribution in [2.45, 2.75) is 26.2 Å². The number of rotatable bonds is 5. The van der Waals surface area contributed by atoms with E-state index in [-0.39, 0.29) is 11.0 Å². The van der Waals surface area contributed by atoms with Gasteiger partial charge in [0, 0.05) is 17.4 Å². The van der Waals surface area contributed by atoms with Crippen molar-refractivity contribution in [3.63, 3.8) is 0 Å². The zero-order valence-electron chi connectivity index (χ0n) is 15.5. The lowest BCUT2D eigenvalue weighted by Crippen LogP contribution is -2.10. The van der Waals surface area contributed by atoms with Gasteiger partial charge in [0.2, 0.25) is 0 Å². The number of hydrogen-bond donors (Lipinski definition) is 3. The Bertz CT molecular complexity index is 930. The van der Waals surface area contributed by atoms with Crippen molar-refractivity contribution in [2.75, 3.05) is 10.6 Å². The molecule has 0 unspecified atom stereocenters. The lowest BCUT2D eigenvalue weighted by Gasteiger charge is -2.19. The van der Waals surface area contributed by atoms with Gasteiger partial charge < -0.3 is 15.7 Å². The molecule has 6 nitrogen and oxygen atoms in total. The fourth-order valence-corrected chi connectivity index (χ4v) is 2.54. The maximum atomic E-state index is 10.9. The summed E-state index contributed by atoms with van der Waals surface area (Å²) < 4.78 is 0. The smallest absolute Gasteiger partial charge is 0.335 e. The Balaban J connectivity index is 1.71. The Labute approximate surface area is 158 Å². The molecule has 0 bridgehead atoms. The third-order valence-electron chi connectivity index (χ3n) is 4.09. The van der Waals surface area contributed by atoms with Crippen molar-refractivity contribution < 1.29 is 9.90 Å². The number of carboxylic acids is 1. The van der Waals surface area contributed by atoms with Crippen LogP contribution in [0.1, 0.15) is 36.7 Å². The normalized spacial score (nSPS) is 11.1. The van der Waals surface area contributed by atoms with Gasteiger partial charge in [0.05, 0.1) is 5.56 Å². The molecule has 0 aliphatic rings. The van der Waals surface area contributed by atoms with Gasteiger partial charge in [-0.3, -0.25) is 0 Å². The Kier molecular flexibility index (Phi) is 5.07. The molecule has 0 spiro atoms. The van der Waals surface area contributed by atoms with Crippen LogP contribution in [0.2, 0.25) is 0 Å². The standard InChI is InChI=1S/C21H22N4O2/c1-21(2,3)15-6-10-17(11-7-15)25-19-12-18(22-13-23-19)24-16-8-4-14(5-9-16)20(26)27/h4-13H,1-3H3,(H,26,27)(H2,22,23,24,25). The van der Waals surface area contributed by atoms with E-state index >= 15 is 0 Å². The van der Waals surface area contributed by atoms with Crippen molar-refractivity contribution in [3.05, 3.63) is 72.1 Å². The fourth-order valence-electron chi connectivity index (χ4n) is 2.54. The second kappa shape index (κ2) is 7.45. The van der Waals surface area contributed by atoms with Crippen molar-refractivity contribution in [3.8, 4) is 0 Å². The number of nitrogens with one attached hydrogen (secondary N) is 2. The van der Waals surface area contributed by atoms with E-state index in [0.29, 0.717) is 11.6 Å². The molecule has 0 amide bonds. The molecule has 3 rings (SSSR count). The molecule has 0 atom stereocenters. The van der Waals surface area contributed by atoms with Crippen LogP contribution in [0.15, 0.2) is 60.9 Å². The van der Waals surface area contributed by atoms with Gasteiger partial charge in [-0.15, -0.1) is 0 Å². The fraction of sp³-hybridized carbons (Fsp3) is 0.190. The number of aromatic nitrogens is 2. The first-order valence-corrected chi connectivity index (χ1v) is 8.61. The summed E-state index contributed by atoms with van der Waals surface area (Å²) in [5.41, 5.74) is 3.31. The molecule has 0 aliphatic carbocycles. The van der Waals surface area contributed by atoms with Crippen molar-refractivity contribution in [1.29, 1.82) is 0 Å². The Hall–Kier alpha value is -3.41. The SMILES string of the molecule is CC(C)(C)c1ccc(Nc2cc(Nc3ccc(C(=O)O)cc3)ncn2)cc1. The van der Waals surface area contributed by atoms with E-state index in [1.807, 2.05) is 12.1 Å². The number of anilines is 4. The molecular formula is C21H22N4O2. The van der Waals surface area contributed by atoms with E-state index in [0.717, 1.165) is 11.4 Å². The number of aromatic carboxylic acids is 1. The average molecular weight is 362 g/mol. The third-order valence-corrected chi connectivity index (χ3v) is 4.09. The molecule has 0 fully saturated rings. The van der Waals surface area contributed by atoms with E-state index in [2.05, 4.69) is 53.5 Å². The zero-order valence-corrected chi connectivity index (χ0v) is 15.5. The maximum Gasteiger partial charge on any atom is 0.335 e. The maximum absolute atomic E-state index is 10.9. The molecule has 0 aliphatic heterocycles. The quantitative estimate of drug-likeness (QED) is 0.595. The molecule has 1 heterocycles. The lowest BCUT2D eigenvalue weighted by molar-refractivity contribution is 0.0697. The molecule has 0 saturated carbocycles. The first-order chi connectivity index (χ1) is 12.8. The van der Waals surface area contributed by atoms with Gasteiger partial charge in [-0.05, 0) is 47.4 Å². The minimum absolute atomic E-state index is 0.112. The van der Waals surface area contributed by atoms with E-state index < -0.39 is 5.97 Å². The summed E-state index contributed by atoms with van der Waals surface area (Å²) >= 11 is 0. The minimum atomic E-state index is -0.951. The number of nitrogens with zero attached hydrogens (tertiary/aromatic N) is 2. The predicted octanol–water partition coefficient (Wildman–Crippen LogP) is 4.96. The second-order valence-corrected chi connectivity index (χ2v) is 7.25. The molecule has 138 valence electrons. The average Bonchev–Trinajstić information content (AvgIpc) is 2.62. The number of benzene rings is 2. The van der Waals surface area contributed by atoms with E-state index in [9.17, 15) is 4.79 Å². The van der Waals surface area contributed by atoms with Crippen LogP contribution in [-0.2, 0) is 5.41 Å². The molecular weight excluding hydrogens is 340 g/mol. The molecule has 2 aromatic carbocycles. The number of carbonyl (C=O) groups is 1. The molecule has 3 N–H and O–H groups in total. The van der Waals surface area contributed by atoms with Crippen LogP contribution in [0.4, 0.5) is 23.0 Å².